The molecule has 0 fully saturated rings. The highest BCUT2D eigenvalue weighted by Crippen LogP contribution is 2.38. The average Bonchev–Trinajstić information content (AvgIpc) is 2.90. The molecule has 0 spiro atoms. The number of carbonyl (C=O) groups excluding carboxylic acids is 1. The highest BCUT2D eigenvalue weighted by atomic mass is 19.4. The molecule has 1 aromatic heterocycles. The summed E-state index contributed by atoms with van der Waals surface area (Å²) < 4.78 is 151. The molecule has 0 saturated heterocycles. The molecule has 0 atom stereocenters. The van der Waals surface area contributed by atoms with Gasteiger partial charge in [0.2, 0.25) is 0 Å². The van der Waals surface area contributed by atoms with Gasteiger partial charge in [0, 0.05) is 29.2 Å². The minimum absolute atomic E-state index is 0.00104. The standard InChI is InChI=1S/C27H21F9O9/c1-3-22(37)41-11-9-25(30,31)45-27(35,36)44-24(28,29)8-10-40-17-5-4-15-12-19(23(38)42-20(15)14-17)18-7-6-16(39-2)13-21(18)43-26(32,33)34/h3-7,12-14H,1,8-11H2,2H3. The van der Waals surface area contributed by atoms with Crippen LogP contribution in [0.25, 0.3) is 22.1 Å². The van der Waals surface area contributed by atoms with Crippen LogP contribution in [0, 0.1) is 0 Å². The summed E-state index contributed by atoms with van der Waals surface area (Å²) in [4.78, 5) is 23.5. The fourth-order valence-corrected chi connectivity index (χ4v) is 3.52. The third-order valence-corrected chi connectivity index (χ3v) is 5.41. The van der Waals surface area contributed by atoms with Crippen LogP contribution in [-0.2, 0) is 19.0 Å². The zero-order chi connectivity index (χ0) is 33.6. The Balaban J connectivity index is 1.67. The number of hydrogen-bond donors (Lipinski definition) is 0. The maximum absolute atomic E-state index is 14.0. The Labute approximate surface area is 246 Å². The van der Waals surface area contributed by atoms with E-state index >= 15 is 0 Å². The Morgan fingerprint density at radius 1 is 0.844 bits per heavy atom. The molecule has 0 aliphatic carbocycles. The van der Waals surface area contributed by atoms with Crippen LogP contribution in [-0.4, -0.2) is 51.2 Å². The van der Waals surface area contributed by atoms with Gasteiger partial charge < -0.3 is 23.4 Å². The number of alkyl halides is 9. The van der Waals surface area contributed by atoms with Crippen molar-refractivity contribution < 1.29 is 77.1 Å². The summed E-state index contributed by atoms with van der Waals surface area (Å²) >= 11 is 0. The molecule has 3 aromatic rings. The molecular formula is C27H21F9O9. The molecule has 1 heterocycles. The van der Waals surface area contributed by atoms with Crippen LogP contribution in [0.15, 0.2) is 64.3 Å². The van der Waals surface area contributed by atoms with E-state index in [-0.39, 0.29) is 33.6 Å². The highest BCUT2D eigenvalue weighted by molar-refractivity contribution is 5.84. The van der Waals surface area contributed by atoms with Gasteiger partial charge >= 0.3 is 36.5 Å². The fraction of sp³-hybridized carbons (Fsp3) is 0.333. The van der Waals surface area contributed by atoms with E-state index in [9.17, 15) is 49.1 Å². The van der Waals surface area contributed by atoms with Gasteiger partial charge in [0.1, 0.15) is 22.8 Å². The van der Waals surface area contributed by atoms with Crippen LogP contribution in [0.5, 0.6) is 17.2 Å². The molecule has 3 rings (SSSR count). The van der Waals surface area contributed by atoms with Crippen LogP contribution in [0.1, 0.15) is 12.8 Å². The van der Waals surface area contributed by atoms with Gasteiger partial charge in [0.25, 0.3) is 0 Å². The summed E-state index contributed by atoms with van der Waals surface area (Å²) in [5, 5.41) is 0.149. The number of halogens is 9. The summed E-state index contributed by atoms with van der Waals surface area (Å²) in [6.45, 7) is 0.870. The first-order valence-corrected chi connectivity index (χ1v) is 12.3. The molecule has 9 nitrogen and oxygen atoms in total. The second kappa shape index (κ2) is 13.7. The van der Waals surface area contributed by atoms with E-state index < -0.39 is 68.3 Å². The lowest BCUT2D eigenvalue weighted by atomic mass is 10.0. The molecular weight excluding hydrogens is 639 g/mol. The zero-order valence-corrected chi connectivity index (χ0v) is 22.7. The van der Waals surface area contributed by atoms with Gasteiger partial charge in [-0.2, -0.15) is 17.6 Å². The number of esters is 1. The molecule has 0 saturated carbocycles. The van der Waals surface area contributed by atoms with Crippen molar-refractivity contribution >= 4 is 16.9 Å². The number of benzene rings is 2. The van der Waals surface area contributed by atoms with E-state index in [4.69, 9.17) is 13.9 Å². The Morgan fingerprint density at radius 2 is 1.47 bits per heavy atom. The second-order valence-electron chi connectivity index (χ2n) is 8.72. The SMILES string of the molecule is C=CC(=O)OCCC(F)(F)OC(F)(F)OC(F)(F)CCOc1ccc2cc(-c3ccc(OC)cc3OC(F)(F)F)c(=O)oc2c1. The number of rotatable bonds is 15. The third-order valence-electron chi connectivity index (χ3n) is 5.41. The Bertz CT molecular complexity index is 1570. The van der Waals surface area contributed by atoms with Crippen molar-refractivity contribution in [2.75, 3.05) is 20.3 Å². The number of ether oxygens (including phenoxy) is 6. The second-order valence-corrected chi connectivity index (χ2v) is 8.72. The van der Waals surface area contributed by atoms with Crippen molar-refractivity contribution in [2.24, 2.45) is 0 Å². The molecule has 246 valence electrons. The van der Waals surface area contributed by atoms with E-state index in [2.05, 4.69) is 25.5 Å². The minimum Gasteiger partial charge on any atom is -0.497 e. The topological polar surface area (TPSA) is 103 Å². The predicted molar refractivity (Wildman–Crippen MR) is 134 cm³/mol. The fourth-order valence-electron chi connectivity index (χ4n) is 3.52. The molecule has 45 heavy (non-hydrogen) atoms. The number of hydrogen-bond acceptors (Lipinski definition) is 9. The van der Waals surface area contributed by atoms with Crippen molar-refractivity contribution in [2.45, 2.75) is 37.7 Å². The normalized spacial score (nSPS) is 12.6. The quantitative estimate of drug-likeness (QED) is 0.0559. The number of methoxy groups -OCH3 is 1. The van der Waals surface area contributed by atoms with Gasteiger partial charge in [0.15, 0.2) is 0 Å². The molecule has 0 radical (unpaired) electrons. The van der Waals surface area contributed by atoms with Crippen molar-refractivity contribution in [3.63, 3.8) is 0 Å². The molecule has 0 aliphatic rings. The lowest BCUT2D eigenvalue weighted by molar-refractivity contribution is -0.514. The average molecular weight is 660 g/mol. The zero-order valence-electron chi connectivity index (χ0n) is 22.7. The van der Waals surface area contributed by atoms with Crippen LogP contribution in [0.2, 0.25) is 0 Å². The van der Waals surface area contributed by atoms with Crippen molar-refractivity contribution in [3.05, 3.63) is 65.5 Å². The molecule has 0 N–H and O–H groups in total. The lowest BCUT2D eigenvalue weighted by Crippen LogP contribution is -2.41. The molecule has 0 unspecified atom stereocenters. The lowest BCUT2D eigenvalue weighted by Gasteiger charge is -2.26. The Hall–Kier alpha value is -4.45. The first-order valence-electron chi connectivity index (χ1n) is 12.3. The van der Waals surface area contributed by atoms with Gasteiger partial charge in [-0.05, 0) is 30.3 Å². The monoisotopic (exact) mass is 660 g/mol. The van der Waals surface area contributed by atoms with E-state index in [1.807, 2.05) is 0 Å². The first kappa shape index (κ1) is 35.0. The van der Waals surface area contributed by atoms with Crippen LogP contribution in [0.4, 0.5) is 39.5 Å². The van der Waals surface area contributed by atoms with Crippen molar-refractivity contribution in [1.82, 2.24) is 0 Å². The van der Waals surface area contributed by atoms with Crippen molar-refractivity contribution in [1.29, 1.82) is 0 Å². The maximum atomic E-state index is 14.0. The van der Waals surface area contributed by atoms with E-state index in [1.165, 1.54) is 31.4 Å². The highest BCUT2D eigenvalue weighted by Gasteiger charge is 2.52. The molecule has 0 bridgehead atoms. The van der Waals surface area contributed by atoms with E-state index in [0.29, 0.717) is 6.08 Å². The largest absolute Gasteiger partial charge is 0.573 e. The molecule has 0 aliphatic heterocycles. The van der Waals surface area contributed by atoms with Gasteiger partial charge in [-0.25, -0.2) is 19.1 Å². The van der Waals surface area contributed by atoms with Crippen LogP contribution < -0.4 is 19.8 Å². The molecule has 0 amide bonds. The van der Waals surface area contributed by atoms with Crippen molar-refractivity contribution in [3.8, 4) is 28.4 Å². The van der Waals surface area contributed by atoms with E-state index in [0.717, 1.165) is 18.2 Å². The van der Waals surface area contributed by atoms with Crippen LogP contribution in [0.3, 0.4) is 0 Å². The van der Waals surface area contributed by atoms with Gasteiger partial charge in [-0.1, -0.05) is 6.58 Å². The van der Waals surface area contributed by atoms with Gasteiger partial charge in [-0.15, -0.1) is 22.0 Å². The summed E-state index contributed by atoms with van der Waals surface area (Å²) in [6, 6.07) is 7.93. The summed E-state index contributed by atoms with van der Waals surface area (Å²) in [5.41, 5.74) is -1.94. The van der Waals surface area contributed by atoms with Crippen LogP contribution >= 0.6 is 0 Å². The summed E-state index contributed by atoms with van der Waals surface area (Å²) in [5.74, 6) is -2.12. The first-order chi connectivity index (χ1) is 20.8. The number of carbonyl (C=O) groups is 1. The summed E-state index contributed by atoms with van der Waals surface area (Å²) in [6.07, 6.45) is -22.6. The smallest absolute Gasteiger partial charge is 0.497 e. The molecule has 2 aromatic carbocycles. The maximum Gasteiger partial charge on any atom is 0.573 e. The van der Waals surface area contributed by atoms with Gasteiger partial charge in [-0.3, -0.25) is 0 Å². The van der Waals surface area contributed by atoms with E-state index in [1.54, 1.807) is 0 Å². The number of fused-ring (bicyclic) bond motifs is 1. The third kappa shape index (κ3) is 10.6. The Morgan fingerprint density at radius 3 is 2.07 bits per heavy atom. The molecule has 18 heteroatoms. The Kier molecular flexibility index (Phi) is 10.6. The summed E-state index contributed by atoms with van der Waals surface area (Å²) in [7, 11) is 1.20. The minimum atomic E-state index is -5.48. The predicted octanol–water partition coefficient (Wildman–Crippen LogP) is 7.02. The van der Waals surface area contributed by atoms with Gasteiger partial charge in [0.05, 0.1) is 38.7 Å².